The van der Waals surface area contributed by atoms with Gasteiger partial charge in [-0.15, -0.1) is 24.0 Å². The van der Waals surface area contributed by atoms with Crippen LogP contribution in [0.25, 0.3) is 0 Å². The van der Waals surface area contributed by atoms with Crippen molar-refractivity contribution < 1.29 is 0 Å². The van der Waals surface area contributed by atoms with Crippen molar-refractivity contribution in [1.82, 2.24) is 15.5 Å². The molecule has 0 rings (SSSR count). The third-order valence-corrected chi connectivity index (χ3v) is 2.95. The number of halogens is 1. The SMILES string of the molecule is CCCN=C(NCC)NCCCCN(C)C(C)C.I. The van der Waals surface area contributed by atoms with E-state index in [1.165, 1.54) is 19.4 Å². The number of nitrogens with one attached hydrogen (secondary N) is 2. The summed E-state index contributed by atoms with van der Waals surface area (Å²) in [4.78, 5) is 6.86. The molecular formula is C14H33IN4. The van der Waals surface area contributed by atoms with E-state index in [1.54, 1.807) is 0 Å². The molecule has 0 radical (unpaired) electrons. The third kappa shape index (κ3) is 12.7. The third-order valence-electron chi connectivity index (χ3n) is 2.95. The Morgan fingerprint density at radius 1 is 1.16 bits per heavy atom. The molecule has 4 nitrogen and oxygen atoms in total. The lowest BCUT2D eigenvalue weighted by atomic mass is 10.2. The molecule has 19 heavy (non-hydrogen) atoms. The number of hydrogen-bond acceptors (Lipinski definition) is 2. The van der Waals surface area contributed by atoms with Crippen LogP contribution < -0.4 is 10.6 Å². The molecule has 0 bridgehead atoms. The van der Waals surface area contributed by atoms with Crippen molar-refractivity contribution in [3.05, 3.63) is 0 Å². The molecule has 0 amide bonds. The van der Waals surface area contributed by atoms with E-state index in [2.05, 4.69) is 55.3 Å². The van der Waals surface area contributed by atoms with E-state index in [-0.39, 0.29) is 24.0 Å². The summed E-state index contributed by atoms with van der Waals surface area (Å²) in [7, 11) is 2.19. The molecule has 0 aromatic rings. The molecule has 5 heteroatoms. The lowest BCUT2D eigenvalue weighted by Gasteiger charge is -2.20. The smallest absolute Gasteiger partial charge is 0.191 e. The monoisotopic (exact) mass is 384 g/mol. The maximum absolute atomic E-state index is 4.48. The summed E-state index contributed by atoms with van der Waals surface area (Å²) >= 11 is 0. The van der Waals surface area contributed by atoms with Crippen molar-refractivity contribution in [3.8, 4) is 0 Å². The zero-order chi connectivity index (χ0) is 13.8. The van der Waals surface area contributed by atoms with E-state index >= 15 is 0 Å². The predicted molar refractivity (Wildman–Crippen MR) is 96.7 cm³/mol. The lowest BCUT2D eigenvalue weighted by Crippen LogP contribution is -2.38. The first-order valence-corrected chi connectivity index (χ1v) is 7.34. The second-order valence-electron chi connectivity index (χ2n) is 4.97. The summed E-state index contributed by atoms with van der Waals surface area (Å²) in [5, 5.41) is 6.64. The Hall–Kier alpha value is -0.0400. The van der Waals surface area contributed by atoms with Gasteiger partial charge in [-0.3, -0.25) is 4.99 Å². The van der Waals surface area contributed by atoms with Crippen molar-refractivity contribution in [2.24, 2.45) is 4.99 Å². The Bertz CT molecular complexity index is 219. The van der Waals surface area contributed by atoms with Crippen molar-refractivity contribution in [2.75, 3.05) is 33.2 Å². The van der Waals surface area contributed by atoms with Gasteiger partial charge in [-0.2, -0.15) is 0 Å². The van der Waals surface area contributed by atoms with Crippen LogP contribution in [0.2, 0.25) is 0 Å². The molecule has 116 valence electrons. The van der Waals surface area contributed by atoms with E-state index in [1.807, 2.05) is 0 Å². The minimum Gasteiger partial charge on any atom is -0.357 e. The summed E-state index contributed by atoms with van der Waals surface area (Å²) in [5.41, 5.74) is 0. The first-order chi connectivity index (χ1) is 8.61. The molecule has 0 unspecified atom stereocenters. The average Bonchev–Trinajstić information content (AvgIpc) is 2.34. The van der Waals surface area contributed by atoms with E-state index in [4.69, 9.17) is 0 Å². The highest BCUT2D eigenvalue weighted by molar-refractivity contribution is 14.0. The van der Waals surface area contributed by atoms with E-state index < -0.39 is 0 Å². The normalized spacial score (nSPS) is 11.6. The lowest BCUT2D eigenvalue weighted by molar-refractivity contribution is 0.268. The van der Waals surface area contributed by atoms with Crippen molar-refractivity contribution in [3.63, 3.8) is 0 Å². The average molecular weight is 384 g/mol. The fraction of sp³-hybridized carbons (Fsp3) is 0.929. The first kappa shape index (κ1) is 21.3. The summed E-state index contributed by atoms with van der Waals surface area (Å²) in [6.07, 6.45) is 3.51. The molecule has 0 spiro atoms. The van der Waals surface area contributed by atoms with Crippen LogP contribution in [-0.2, 0) is 0 Å². The molecule has 0 heterocycles. The van der Waals surface area contributed by atoms with Gasteiger partial charge in [-0.25, -0.2) is 0 Å². The van der Waals surface area contributed by atoms with Crippen LogP contribution in [-0.4, -0.2) is 50.1 Å². The maximum atomic E-state index is 4.48. The van der Waals surface area contributed by atoms with Crippen molar-refractivity contribution in [1.29, 1.82) is 0 Å². The van der Waals surface area contributed by atoms with Crippen LogP contribution in [0.3, 0.4) is 0 Å². The van der Waals surface area contributed by atoms with Crippen LogP contribution in [0.15, 0.2) is 4.99 Å². The molecule has 0 aliphatic rings. The highest BCUT2D eigenvalue weighted by Gasteiger charge is 2.02. The number of guanidine groups is 1. The van der Waals surface area contributed by atoms with Gasteiger partial charge in [0.05, 0.1) is 0 Å². The molecule has 2 N–H and O–H groups in total. The Kier molecular flexibility index (Phi) is 16.1. The van der Waals surface area contributed by atoms with Crippen LogP contribution in [0.4, 0.5) is 0 Å². The number of hydrogen-bond donors (Lipinski definition) is 2. The van der Waals surface area contributed by atoms with Crippen molar-refractivity contribution in [2.45, 2.75) is 53.0 Å². The number of rotatable bonds is 9. The van der Waals surface area contributed by atoms with Gasteiger partial charge in [0.25, 0.3) is 0 Å². The zero-order valence-electron chi connectivity index (χ0n) is 13.3. The van der Waals surface area contributed by atoms with Crippen LogP contribution in [0, 0.1) is 0 Å². The molecule has 0 aliphatic heterocycles. The molecule has 0 atom stereocenters. The number of unbranched alkanes of at least 4 members (excludes halogenated alkanes) is 1. The van der Waals surface area contributed by atoms with Crippen molar-refractivity contribution >= 4 is 29.9 Å². The van der Waals surface area contributed by atoms with Gasteiger partial charge in [-0.1, -0.05) is 6.92 Å². The summed E-state index contributed by atoms with van der Waals surface area (Å²) in [6.45, 7) is 12.7. The Balaban J connectivity index is 0. The van der Waals surface area contributed by atoms with E-state index in [0.29, 0.717) is 6.04 Å². The van der Waals surface area contributed by atoms with Crippen LogP contribution >= 0.6 is 24.0 Å². The number of nitrogens with zero attached hydrogens (tertiary/aromatic N) is 2. The fourth-order valence-electron chi connectivity index (χ4n) is 1.52. The predicted octanol–water partition coefficient (Wildman–Crippen LogP) is 2.69. The Labute approximate surface area is 136 Å². The zero-order valence-corrected chi connectivity index (χ0v) is 15.7. The molecule has 0 aromatic carbocycles. The molecule has 0 aliphatic carbocycles. The van der Waals surface area contributed by atoms with Gasteiger partial charge in [0.2, 0.25) is 0 Å². The maximum Gasteiger partial charge on any atom is 0.191 e. The topological polar surface area (TPSA) is 39.7 Å². The summed E-state index contributed by atoms with van der Waals surface area (Å²) < 4.78 is 0. The molecule has 0 saturated carbocycles. The highest BCUT2D eigenvalue weighted by atomic mass is 127. The second kappa shape index (κ2) is 14.4. The van der Waals surface area contributed by atoms with E-state index in [0.717, 1.165) is 32.0 Å². The van der Waals surface area contributed by atoms with Gasteiger partial charge in [0.1, 0.15) is 0 Å². The highest BCUT2D eigenvalue weighted by Crippen LogP contribution is 1.97. The number of aliphatic imine (C=N–C) groups is 1. The van der Waals surface area contributed by atoms with Gasteiger partial charge in [0.15, 0.2) is 5.96 Å². The minimum atomic E-state index is 0. The standard InChI is InChI=1S/C14H32N4.HI/c1-6-10-16-14(15-7-2)17-11-8-9-12-18(5)13(3)4;/h13H,6-12H2,1-5H3,(H2,15,16,17);1H. The molecule has 0 fully saturated rings. The van der Waals surface area contributed by atoms with Gasteiger partial charge in [0, 0.05) is 25.7 Å². The van der Waals surface area contributed by atoms with Crippen LogP contribution in [0.5, 0.6) is 0 Å². The second-order valence-corrected chi connectivity index (χ2v) is 4.97. The Morgan fingerprint density at radius 3 is 2.37 bits per heavy atom. The van der Waals surface area contributed by atoms with Gasteiger partial charge in [-0.05, 0) is 53.6 Å². The quantitative estimate of drug-likeness (QED) is 0.278. The van der Waals surface area contributed by atoms with Crippen LogP contribution in [0.1, 0.15) is 47.0 Å². The van der Waals surface area contributed by atoms with E-state index in [9.17, 15) is 0 Å². The fourth-order valence-corrected chi connectivity index (χ4v) is 1.52. The Morgan fingerprint density at radius 2 is 1.84 bits per heavy atom. The first-order valence-electron chi connectivity index (χ1n) is 7.34. The minimum absolute atomic E-state index is 0. The largest absolute Gasteiger partial charge is 0.357 e. The molecule has 0 saturated heterocycles. The summed E-state index contributed by atoms with van der Waals surface area (Å²) in [5.74, 6) is 0.955. The molecular weight excluding hydrogens is 351 g/mol. The van der Waals surface area contributed by atoms with Gasteiger partial charge >= 0.3 is 0 Å². The molecule has 0 aromatic heterocycles. The summed E-state index contributed by atoms with van der Waals surface area (Å²) in [6, 6.07) is 0.640. The van der Waals surface area contributed by atoms with Gasteiger partial charge < -0.3 is 15.5 Å².